The minimum absolute atomic E-state index is 0.0104. The number of hydrogen-bond donors (Lipinski definition) is 2. The number of aliphatic hydroxyl groups is 1. The second-order valence-electron chi connectivity index (χ2n) is 25.2. The van der Waals surface area contributed by atoms with Gasteiger partial charge in [-0.05, 0) is 96.3 Å². The first-order valence-corrected chi connectivity index (χ1v) is 37.5. The molecule has 8 nitrogen and oxygen atoms in total. The maximum absolute atomic E-state index is 13.0. The Morgan fingerprint density at radius 2 is 0.701 bits per heavy atom. The fourth-order valence-electron chi connectivity index (χ4n) is 10.1. The molecule has 0 aliphatic carbocycles. The molecule has 0 aromatic carbocycles. The van der Waals surface area contributed by atoms with E-state index in [0.717, 1.165) is 128 Å². The average molecular weight is 1230 g/mol. The summed E-state index contributed by atoms with van der Waals surface area (Å²) in [6.45, 7) is 4.54. The smallest absolute Gasteiger partial charge is 0.268 e. The van der Waals surface area contributed by atoms with Crippen molar-refractivity contribution in [2.24, 2.45) is 0 Å². The molecule has 1 amide bonds. The lowest BCUT2D eigenvalue weighted by molar-refractivity contribution is -0.870. The quantitative estimate of drug-likeness (QED) is 0.0272. The molecule has 0 heterocycles. The van der Waals surface area contributed by atoms with Gasteiger partial charge in [0.05, 0.1) is 39.9 Å². The van der Waals surface area contributed by atoms with Crippen LogP contribution in [0.2, 0.25) is 0 Å². The molecule has 0 aromatic rings. The molecule has 0 saturated heterocycles. The third-order valence-electron chi connectivity index (χ3n) is 15.6. The van der Waals surface area contributed by atoms with E-state index in [0.29, 0.717) is 17.4 Å². The van der Waals surface area contributed by atoms with Crippen molar-refractivity contribution in [3.05, 3.63) is 134 Å². The fraction of sp³-hybridized carbons (Fsp3) is 0.705. The molecule has 0 rings (SSSR count). The summed E-state index contributed by atoms with van der Waals surface area (Å²) in [5, 5.41) is 14.0. The maximum Gasteiger partial charge on any atom is 0.268 e. The van der Waals surface area contributed by atoms with E-state index in [1.54, 1.807) is 6.08 Å². The van der Waals surface area contributed by atoms with Gasteiger partial charge in [0.25, 0.3) is 7.82 Å². The lowest BCUT2D eigenvalue weighted by Gasteiger charge is -2.29. The second kappa shape index (κ2) is 67.0. The van der Waals surface area contributed by atoms with E-state index >= 15 is 0 Å². The number of phosphoric ester groups is 1. The highest BCUT2D eigenvalue weighted by atomic mass is 31.2. The number of unbranched alkanes of at least 4 members (excludes halogenated alkanes) is 32. The summed E-state index contributed by atoms with van der Waals surface area (Å²) >= 11 is 0. The molecule has 0 radical (unpaired) electrons. The Hall–Kier alpha value is -3.36. The van der Waals surface area contributed by atoms with E-state index in [1.807, 2.05) is 27.2 Å². The number of carbonyl (C=O) groups is 1. The largest absolute Gasteiger partial charge is 0.756 e. The van der Waals surface area contributed by atoms with Crippen LogP contribution >= 0.6 is 7.82 Å². The Labute approximate surface area is 538 Å². The molecule has 9 heteroatoms. The summed E-state index contributed by atoms with van der Waals surface area (Å²) in [5.41, 5.74) is 0. The van der Waals surface area contributed by atoms with Crippen LogP contribution in [-0.4, -0.2) is 68.5 Å². The van der Waals surface area contributed by atoms with Crippen LogP contribution < -0.4 is 10.2 Å². The van der Waals surface area contributed by atoms with Crippen molar-refractivity contribution in [2.45, 2.75) is 315 Å². The van der Waals surface area contributed by atoms with Crippen molar-refractivity contribution in [3.63, 3.8) is 0 Å². The summed E-state index contributed by atoms with van der Waals surface area (Å²) in [4.78, 5) is 25.7. The lowest BCUT2D eigenvalue weighted by atomic mass is 10.0. The van der Waals surface area contributed by atoms with Gasteiger partial charge in [0.2, 0.25) is 5.91 Å². The first-order valence-electron chi connectivity index (χ1n) is 36.0. The molecule has 3 atom stereocenters. The highest BCUT2D eigenvalue weighted by Gasteiger charge is 2.23. The zero-order valence-electron chi connectivity index (χ0n) is 57.2. The van der Waals surface area contributed by atoms with Crippen LogP contribution in [0.1, 0.15) is 303 Å². The van der Waals surface area contributed by atoms with E-state index in [9.17, 15) is 19.4 Å². The van der Waals surface area contributed by atoms with Crippen molar-refractivity contribution in [1.29, 1.82) is 0 Å². The lowest BCUT2D eigenvalue weighted by Crippen LogP contribution is -2.45. The molecule has 0 aromatic heterocycles. The number of aliphatic hydroxyl groups excluding tert-OH is 1. The number of hydrogen-bond acceptors (Lipinski definition) is 6. The topological polar surface area (TPSA) is 108 Å². The van der Waals surface area contributed by atoms with Gasteiger partial charge in [-0.3, -0.25) is 9.36 Å². The summed E-state index contributed by atoms with van der Waals surface area (Å²) in [7, 11) is 1.24. The Kier molecular flexibility index (Phi) is 64.5. The van der Waals surface area contributed by atoms with Crippen LogP contribution in [0.5, 0.6) is 0 Å². The van der Waals surface area contributed by atoms with Gasteiger partial charge in [-0.2, -0.15) is 0 Å². The number of phosphoric acid groups is 1. The minimum atomic E-state index is -4.62. The monoisotopic (exact) mass is 1230 g/mol. The number of carbonyl (C=O) groups excluding carboxylic acids is 1. The zero-order valence-corrected chi connectivity index (χ0v) is 58.1. The van der Waals surface area contributed by atoms with Crippen LogP contribution in [0, 0.1) is 0 Å². The Balaban J connectivity index is 4.17. The Morgan fingerprint density at radius 3 is 1.02 bits per heavy atom. The molecule has 0 fully saturated rings. The van der Waals surface area contributed by atoms with Crippen molar-refractivity contribution < 1.29 is 32.9 Å². The van der Waals surface area contributed by atoms with Gasteiger partial charge in [0, 0.05) is 6.42 Å². The molecule has 0 bridgehead atoms. The van der Waals surface area contributed by atoms with Gasteiger partial charge in [-0.15, -0.1) is 0 Å². The zero-order chi connectivity index (χ0) is 63.4. The average Bonchev–Trinajstić information content (AvgIpc) is 3.70. The highest BCUT2D eigenvalue weighted by molar-refractivity contribution is 7.45. The van der Waals surface area contributed by atoms with Crippen molar-refractivity contribution in [1.82, 2.24) is 5.32 Å². The SMILES string of the molecule is CC/C=C\C/C=C\C/C=C\C/C=C\C/C=C\C/C=C\C/C=C\C/C=C\C/C=C\C/C=C\CCCCCCCCC(=O)NC(COP(=O)([O-])OCC[N+](C)(C)C)C(O)/C=C/CCCCCCCCCCCCCCCCCCCCCCCCCCCC. The number of quaternary nitrogens is 1. The fourth-order valence-corrected chi connectivity index (χ4v) is 10.8. The molecule has 87 heavy (non-hydrogen) atoms. The minimum Gasteiger partial charge on any atom is -0.756 e. The number of amides is 1. The van der Waals surface area contributed by atoms with Gasteiger partial charge in [0.1, 0.15) is 13.2 Å². The number of allylic oxidation sites excluding steroid dienone is 21. The first-order chi connectivity index (χ1) is 42.5. The second-order valence-corrected chi connectivity index (χ2v) is 26.6. The molecule has 0 saturated carbocycles. The van der Waals surface area contributed by atoms with Gasteiger partial charge >= 0.3 is 0 Å². The predicted octanol–water partition coefficient (Wildman–Crippen LogP) is 22.8. The third kappa shape index (κ3) is 70.0. The summed E-state index contributed by atoms with van der Waals surface area (Å²) in [6, 6.07) is -0.907. The highest BCUT2D eigenvalue weighted by Crippen LogP contribution is 2.38. The van der Waals surface area contributed by atoms with Crippen LogP contribution in [-0.2, 0) is 18.4 Å². The van der Waals surface area contributed by atoms with Crippen molar-refractivity contribution >= 4 is 13.7 Å². The van der Waals surface area contributed by atoms with E-state index < -0.39 is 26.6 Å². The predicted molar refractivity (Wildman–Crippen MR) is 380 cm³/mol. The Morgan fingerprint density at radius 1 is 0.414 bits per heavy atom. The summed E-state index contributed by atoms with van der Waals surface area (Å²) < 4.78 is 23.5. The van der Waals surface area contributed by atoms with Crippen molar-refractivity contribution in [3.8, 4) is 0 Å². The molecule has 0 aliphatic rings. The third-order valence-corrected chi connectivity index (χ3v) is 16.6. The van der Waals surface area contributed by atoms with Crippen molar-refractivity contribution in [2.75, 3.05) is 40.9 Å². The molecule has 0 spiro atoms. The van der Waals surface area contributed by atoms with Gasteiger partial charge < -0.3 is 28.8 Å². The molecular weight excluding hydrogens is 1090 g/mol. The molecule has 0 aliphatic heterocycles. The van der Waals surface area contributed by atoms with Gasteiger partial charge in [-0.1, -0.05) is 334 Å². The summed E-state index contributed by atoms with van der Waals surface area (Å²) in [6.07, 6.45) is 101. The van der Waals surface area contributed by atoms with Crippen LogP contribution in [0.15, 0.2) is 134 Å². The van der Waals surface area contributed by atoms with E-state index in [-0.39, 0.29) is 12.5 Å². The standard InChI is InChI=1S/C78H137N2O6P/c1-6-8-10-12-14-16-18-20-22-24-26-28-30-32-34-36-37-38-39-40-41-42-43-44-46-48-50-52-54-56-58-60-62-64-66-68-70-72-78(82)79-76(75-86-87(83,84)85-74-73-80(3,4)5)77(81)71-69-67-65-63-61-59-57-55-53-51-49-47-45-35-33-31-29-27-25-23-21-19-17-15-13-11-9-7-2/h8,10,14,16,20,22,26,28,32,34,37-38,40-41,43-44,48,50,54,56,69,71,76-77,81H,6-7,9,11-13,15,17-19,21,23-25,27,29-31,33,35-36,39,42,45-47,49,51-53,55,57-68,70,72-75H2,1-5H3,(H-,79,82,83,84)/b10-8-,16-14-,22-20-,28-26-,34-32-,38-37-,41-40-,44-43-,50-48-,56-54-,71-69+. The molecular formula is C78H137N2O6P. The van der Waals surface area contributed by atoms with Gasteiger partial charge in [-0.25, -0.2) is 0 Å². The van der Waals surface area contributed by atoms with Gasteiger partial charge in [0.15, 0.2) is 0 Å². The molecule has 3 unspecified atom stereocenters. The van der Waals surface area contributed by atoms with E-state index in [2.05, 4.69) is 141 Å². The molecule has 2 N–H and O–H groups in total. The molecule has 500 valence electrons. The number of nitrogens with zero attached hydrogens (tertiary/aromatic N) is 1. The Bertz CT molecular complexity index is 1880. The van der Waals surface area contributed by atoms with Crippen LogP contribution in [0.4, 0.5) is 0 Å². The normalized spacial score (nSPS) is 14.4. The van der Waals surface area contributed by atoms with E-state index in [1.165, 1.54) is 154 Å². The summed E-state index contributed by atoms with van der Waals surface area (Å²) in [5.74, 6) is -0.214. The number of nitrogens with one attached hydrogen (secondary N) is 1. The van der Waals surface area contributed by atoms with E-state index in [4.69, 9.17) is 9.05 Å². The maximum atomic E-state index is 13.0. The van der Waals surface area contributed by atoms with Crippen LogP contribution in [0.3, 0.4) is 0 Å². The first kappa shape index (κ1) is 83.6. The number of rotatable bonds is 65. The van der Waals surface area contributed by atoms with Crippen LogP contribution in [0.25, 0.3) is 0 Å². The number of likely N-dealkylation sites (N-methyl/N-ethyl adjacent to an activating group) is 1.